The molecule has 0 aliphatic heterocycles. The molecule has 1 aromatic rings. The summed E-state index contributed by atoms with van der Waals surface area (Å²) in [5.41, 5.74) is 1.31. The molecule has 0 aliphatic carbocycles. The van der Waals surface area contributed by atoms with Gasteiger partial charge < -0.3 is 14.8 Å². The summed E-state index contributed by atoms with van der Waals surface area (Å²) in [6.45, 7) is 3.68. The van der Waals surface area contributed by atoms with Crippen molar-refractivity contribution in [2.45, 2.75) is 32.2 Å². The highest BCUT2D eigenvalue weighted by Gasteiger charge is 2.09. The Balaban J connectivity index is 2.48. The smallest absolute Gasteiger partial charge is 0.133 e. The van der Waals surface area contributed by atoms with Crippen molar-refractivity contribution in [3.63, 3.8) is 0 Å². The minimum absolute atomic E-state index is 0.487. The quantitative estimate of drug-likeness (QED) is 0.704. The summed E-state index contributed by atoms with van der Waals surface area (Å²) in [5.74, 6) is 0.876. The van der Waals surface area contributed by atoms with Crippen LogP contribution in [0.3, 0.4) is 0 Å². The number of likely N-dealkylation sites (N-methyl/N-ethyl adjacent to an activating group) is 1. The summed E-state index contributed by atoms with van der Waals surface area (Å²) in [6, 6.07) is 6.75. The molecule has 1 atom stereocenters. The molecule has 0 saturated heterocycles. The second-order valence-electron chi connectivity index (χ2n) is 4.50. The Morgan fingerprint density at radius 2 is 2.16 bits per heavy atom. The van der Waals surface area contributed by atoms with Crippen LogP contribution in [0, 0.1) is 0 Å². The summed E-state index contributed by atoms with van der Waals surface area (Å²) in [4.78, 5) is 0. The number of nitrogens with one attached hydrogen (secondary N) is 1. The summed E-state index contributed by atoms with van der Waals surface area (Å²) in [5, 5.41) is 3.37. The first kappa shape index (κ1) is 16.5. The number of hydrogen-bond acceptors (Lipinski definition) is 3. The molecule has 1 unspecified atom stereocenters. The Kier molecular flexibility index (Phi) is 8.10. The molecule has 0 saturated carbocycles. The predicted octanol–water partition coefficient (Wildman–Crippen LogP) is 3.40. The van der Waals surface area contributed by atoms with Crippen LogP contribution in [-0.4, -0.2) is 33.4 Å². The van der Waals surface area contributed by atoms with Crippen LogP contribution in [-0.2, 0) is 11.2 Å². The zero-order valence-corrected chi connectivity index (χ0v) is 13.6. The monoisotopic (exact) mass is 329 g/mol. The maximum atomic E-state index is 5.38. The van der Waals surface area contributed by atoms with Crippen LogP contribution < -0.4 is 10.1 Å². The van der Waals surface area contributed by atoms with Crippen LogP contribution in [0.2, 0.25) is 0 Å². The molecule has 108 valence electrons. The standard InChI is InChI=1S/C15H24BrNO2/c1-4-19-9-5-6-13(17-2)10-12-7-8-15(18-3)14(16)11-12/h7-8,11,13,17H,4-6,9-10H2,1-3H3. The SMILES string of the molecule is CCOCCCC(Cc1ccc(OC)c(Br)c1)NC. The Labute approximate surface area is 124 Å². The fourth-order valence-corrected chi connectivity index (χ4v) is 2.63. The van der Waals surface area contributed by atoms with Crippen molar-refractivity contribution in [3.05, 3.63) is 28.2 Å². The zero-order chi connectivity index (χ0) is 14.1. The fraction of sp³-hybridized carbons (Fsp3) is 0.600. The molecule has 1 rings (SSSR count). The third kappa shape index (κ3) is 5.93. The first-order valence-corrected chi connectivity index (χ1v) is 7.58. The average Bonchev–Trinajstić information content (AvgIpc) is 2.42. The molecule has 0 spiro atoms. The van der Waals surface area contributed by atoms with Gasteiger partial charge in [-0.3, -0.25) is 0 Å². The van der Waals surface area contributed by atoms with E-state index in [2.05, 4.69) is 33.4 Å². The van der Waals surface area contributed by atoms with Crippen LogP contribution in [0.25, 0.3) is 0 Å². The topological polar surface area (TPSA) is 30.5 Å². The van der Waals surface area contributed by atoms with E-state index in [4.69, 9.17) is 9.47 Å². The average molecular weight is 330 g/mol. The number of halogens is 1. The van der Waals surface area contributed by atoms with Gasteiger partial charge in [-0.2, -0.15) is 0 Å². The highest BCUT2D eigenvalue weighted by molar-refractivity contribution is 9.10. The normalized spacial score (nSPS) is 12.4. The molecule has 0 aromatic heterocycles. The number of hydrogen-bond donors (Lipinski definition) is 1. The zero-order valence-electron chi connectivity index (χ0n) is 12.0. The van der Waals surface area contributed by atoms with Gasteiger partial charge in [0.25, 0.3) is 0 Å². The van der Waals surface area contributed by atoms with Gasteiger partial charge in [-0.25, -0.2) is 0 Å². The molecular weight excluding hydrogens is 306 g/mol. The van der Waals surface area contributed by atoms with E-state index in [9.17, 15) is 0 Å². The van der Waals surface area contributed by atoms with E-state index in [-0.39, 0.29) is 0 Å². The van der Waals surface area contributed by atoms with Gasteiger partial charge in [0, 0.05) is 19.3 Å². The number of methoxy groups -OCH3 is 1. The van der Waals surface area contributed by atoms with E-state index < -0.39 is 0 Å². The number of benzene rings is 1. The Morgan fingerprint density at radius 1 is 1.37 bits per heavy atom. The van der Waals surface area contributed by atoms with Gasteiger partial charge in [-0.1, -0.05) is 6.07 Å². The van der Waals surface area contributed by atoms with Gasteiger partial charge in [0.1, 0.15) is 5.75 Å². The van der Waals surface area contributed by atoms with Crippen LogP contribution in [0.15, 0.2) is 22.7 Å². The minimum Gasteiger partial charge on any atom is -0.496 e. The lowest BCUT2D eigenvalue weighted by atomic mass is 10.0. The first-order valence-electron chi connectivity index (χ1n) is 6.78. The Hall–Kier alpha value is -0.580. The second-order valence-corrected chi connectivity index (χ2v) is 5.35. The molecule has 1 aromatic carbocycles. The molecule has 0 radical (unpaired) electrons. The molecule has 3 nitrogen and oxygen atoms in total. The Bertz CT molecular complexity index is 371. The van der Waals surface area contributed by atoms with Crippen molar-refractivity contribution >= 4 is 15.9 Å². The summed E-state index contributed by atoms with van der Waals surface area (Å²) in [6.07, 6.45) is 3.24. The van der Waals surface area contributed by atoms with Gasteiger partial charge in [0.15, 0.2) is 0 Å². The largest absolute Gasteiger partial charge is 0.496 e. The second kappa shape index (κ2) is 9.34. The van der Waals surface area contributed by atoms with E-state index in [0.29, 0.717) is 6.04 Å². The molecule has 19 heavy (non-hydrogen) atoms. The fourth-order valence-electron chi connectivity index (χ4n) is 2.05. The van der Waals surface area contributed by atoms with Crippen LogP contribution in [0.5, 0.6) is 5.75 Å². The molecule has 1 N–H and O–H groups in total. The molecule has 0 amide bonds. The first-order chi connectivity index (χ1) is 9.21. The number of ether oxygens (including phenoxy) is 2. The highest BCUT2D eigenvalue weighted by atomic mass is 79.9. The van der Waals surface area contributed by atoms with E-state index in [1.54, 1.807) is 7.11 Å². The lowest BCUT2D eigenvalue weighted by Crippen LogP contribution is -2.27. The van der Waals surface area contributed by atoms with Crippen molar-refractivity contribution in [1.82, 2.24) is 5.32 Å². The molecule has 0 fully saturated rings. The lowest BCUT2D eigenvalue weighted by molar-refractivity contribution is 0.141. The summed E-state index contributed by atoms with van der Waals surface area (Å²) >= 11 is 3.53. The third-order valence-corrected chi connectivity index (χ3v) is 3.77. The van der Waals surface area contributed by atoms with Crippen molar-refractivity contribution in [2.75, 3.05) is 27.4 Å². The summed E-state index contributed by atoms with van der Waals surface area (Å²) < 4.78 is 11.6. The molecule has 0 aliphatic rings. The van der Waals surface area contributed by atoms with Crippen LogP contribution in [0.1, 0.15) is 25.3 Å². The van der Waals surface area contributed by atoms with E-state index >= 15 is 0 Å². The maximum absolute atomic E-state index is 5.38. The van der Waals surface area contributed by atoms with E-state index in [0.717, 1.165) is 42.7 Å². The Morgan fingerprint density at radius 3 is 2.74 bits per heavy atom. The van der Waals surface area contributed by atoms with E-state index in [1.807, 2.05) is 20.0 Å². The maximum Gasteiger partial charge on any atom is 0.133 e. The molecule has 4 heteroatoms. The van der Waals surface area contributed by atoms with Crippen molar-refractivity contribution in [3.8, 4) is 5.75 Å². The minimum atomic E-state index is 0.487. The van der Waals surface area contributed by atoms with Crippen LogP contribution in [0.4, 0.5) is 0 Å². The lowest BCUT2D eigenvalue weighted by Gasteiger charge is -2.16. The van der Waals surface area contributed by atoms with Gasteiger partial charge in [-0.05, 0) is 66.9 Å². The van der Waals surface area contributed by atoms with Crippen molar-refractivity contribution < 1.29 is 9.47 Å². The van der Waals surface area contributed by atoms with Crippen molar-refractivity contribution in [2.24, 2.45) is 0 Å². The van der Waals surface area contributed by atoms with Gasteiger partial charge in [0.05, 0.1) is 11.6 Å². The van der Waals surface area contributed by atoms with Gasteiger partial charge in [-0.15, -0.1) is 0 Å². The predicted molar refractivity (Wildman–Crippen MR) is 83.0 cm³/mol. The van der Waals surface area contributed by atoms with Gasteiger partial charge >= 0.3 is 0 Å². The summed E-state index contributed by atoms with van der Waals surface area (Å²) in [7, 11) is 3.70. The number of rotatable bonds is 9. The third-order valence-electron chi connectivity index (χ3n) is 3.15. The van der Waals surface area contributed by atoms with Crippen LogP contribution >= 0.6 is 15.9 Å². The van der Waals surface area contributed by atoms with E-state index in [1.165, 1.54) is 5.56 Å². The molecule has 0 heterocycles. The molecule has 0 bridgehead atoms. The highest BCUT2D eigenvalue weighted by Crippen LogP contribution is 2.26. The van der Waals surface area contributed by atoms with Gasteiger partial charge in [0.2, 0.25) is 0 Å². The van der Waals surface area contributed by atoms with Crippen molar-refractivity contribution in [1.29, 1.82) is 0 Å². The molecular formula is C15H24BrNO2.